The predicted octanol–water partition coefficient (Wildman–Crippen LogP) is 1.80. The molecule has 0 aliphatic carbocycles. The molecular formula is C14H18N2O2. The van der Waals surface area contributed by atoms with E-state index in [0.717, 1.165) is 19.3 Å². The van der Waals surface area contributed by atoms with Crippen molar-refractivity contribution in [1.82, 2.24) is 4.90 Å². The molecule has 2 N–H and O–H groups in total. The molecule has 0 saturated heterocycles. The maximum atomic E-state index is 12.0. The zero-order valence-electron chi connectivity index (χ0n) is 10.6. The van der Waals surface area contributed by atoms with E-state index in [-0.39, 0.29) is 17.9 Å². The van der Waals surface area contributed by atoms with Crippen LogP contribution >= 0.6 is 0 Å². The van der Waals surface area contributed by atoms with Gasteiger partial charge >= 0.3 is 0 Å². The van der Waals surface area contributed by atoms with Crippen molar-refractivity contribution in [2.45, 2.75) is 32.2 Å². The first kappa shape index (κ1) is 12.8. The summed E-state index contributed by atoms with van der Waals surface area (Å²) in [7, 11) is 0. The molecule has 1 aromatic rings. The molecule has 0 radical (unpaired) electrons. The second kappa shape index (κ2) is 5.31. The molecule has 0 fully saturated rings. The normalized spacial score (nSPS) is 16.0. The Labute approximate surface area is 107 Å². The van der Waals surface area contributed by atoms with Crippen LogP contribution in [0.4, 0.5) is 0 Å². The van der Waals surface area contributed by atoms with Crippen LogP contribution in [-0.4, -0.2) is 29.3 Å². The largest absolute Gasteiger partial charge is 0.328 e. The number of imide groups is 1. The van der Waals surface area contributed by atoms with Crippen LogP contribution in [0.1, 0.15) is 46.9 Å². The number of hydrogen-bond donors (Lipinski definition) is 1. The Morgan fingerprint density at radius 2 is 1.67 bits per heavy atom. The van der Waals surface area contributed by atoms with Gasteiger partial charge in [-0.1, -0.05) is 18.6 Å². The van der Waals surface area contributed by atoms with Gasteiger partial charge in [-0.3, -0.25) is 14.5 Å². The molecule has 96 valence electrons. The Morgan fingerprint density at radius 1 is 1.11 bits per heavy atom. The number of benzene rings is 1. The first-order valence-electron chi connectivity index (χ1n) is 6.32. The van der Waals surface area contributed by atoms with E-state index in [4.69, 9.17) is 5.73 Å². The number of fused-ring (bicyclic) bond motifs is 1. The van der Waals surface area contributed by atoms with Gasteiger partial charge in [-0.15, -0.1) is 0 Å². The molecule has 0 spiro atoms. The van der Waals surface area contributed by atoms with Crippen molar-refractivity contribution in [1.29, 1.82) is 0 Å². The maximum Gasteiger partial charge on any atom is 0.261 e. The van der Waals surface area contributed by atoms with Crippen LogP contribution in [0.25, 0.3) is 0 Å². The van der Waals surface area contributed by atoms with Crippen molar-refractivity contribution in [3.63, 3.8) is 0 Å². The third-order valence-corrected chi connectivity index (χ3v) is 3.17. The monoisotopic (exact) mass is 246 g/mol. The molecule has 0 saturated carbocycles. The third-order valence-electron chi connectivity index (χ3n) is 3.17. The molecule has 0 aromatic heterocycles. The second-order valence-corrected chi connectivity index (χ2v) is 4.78. The van der Waals surface area contributed by atoms with E-state index >= 15 is 0 Å². The molecule has 1 heterocycles. The number of carbonyl (C=O) groups excluding carboxylic acids is 2. The molecule has 1 aliphatic heterocycles. The standard InChI is InChI=1S/C14H18N2O2/c1-10(15)6-4-5-9-16-13(17)11-7-2-3-8-12(11)14(16)18/h2-3,7-8,10H,4-6,9,15H2,1H3/t10-/m0/s1. The average Bonchev–Trinajstić information content (AvgIpc) is 2.59. The van der Waals surface area contributed by atoms with Crippen LogP contribution in [0.5, 0.6) is 0 Å². The summed E-state index contributed by atoms with van der Waals surface area (Å²) >= 11 is 0. The Balaban J connectivity index is 1.97. The van der Waals surface area contributed by atoms with E-state index in [1.165, 1.54) is 4.90 Å². The number of nitrogens with zero attached hydrogens (tertiary/aromatic N) is 1. The van der Waals surface area contributed by atoms with Crippen LogP contribution in [0.15, 0.2) is 24.3 Å². The SMILES string of the molecule is C[C@H](N)CCCCN1C(=O)c2ccccc2C1=O. The maximum absolute atomic E-state index is 12.0. The molecule has 1 aliphatic rings. The zero-order valence-corrected chi connectivity index (χ0v) is 10.6. The summed E-state index contributed by atoms with van der Waals surface area (Å²) < 4.78 is 0. The minimum atomic E-state index is -0.170. The van der Waals surface area contributed by atoms with Gasteiger partial charge < -0.3 is 5.73 Å². The molecule has 1 atom stereocenters. The lowest BCUT2D eigenvalue weighted by Crippen LogP contribution is -2.30. The van der Waals surface area contributed by atoms with Gasteiger partial charge in [0.05, 0.1) is 11.1 Å². The van der Waals surface area contributed by atoms with E-state index in [1.807, 2.05) is 6.92 Å². The predicted molar refractivity (Wildman–Crippen MR) is 69.3 cm³/mol. The number of carbonyl (C=O) groups is 2. The minimum Gasteiger partial charge on any atom is -0.328 e. The quantitative estimate of drug-likeness (QED) is 0.636. The Hall–Kier alpha value is -1.68. The summed E-state index contributed by atoms with van der Waals surface area (Å²) in [5.74, 6) is -0.340. The molecular weight excluding hydrogens is 228 g/mol. The fourth-order valence-electron chi connectivity index (χ4n) is 2.18. The lowest BCUT2D eigenvalue weighted by molar-refractivity contribution is 0.0651. The highest BCUT2D eigenvalue weighted by molar-refractivity contribution is 6.21. The fourth-order valence-corrected chi connectivity index (χ4v) is 2.18. The number of amides is 2. The summed E-state index contributed by atoms with van der Waals surface area (Å²) in [6, 6.07) is 7.15. The van der Waals surface area contributed by atoms with Crippen molar-refractivity contribution in [2.75, 3.05) is 6.54 Å². The van der Waals surface area contributed by atoms with Crippen LogP contribution in [-0.2, 0) is 0 Å². The number of unbranched alkanes of at least 4 members (excludes halogenated alkanes) is 1. The molecule has 0 bridgehead atoms. The van der Waals surface area contributed by atoms with Crippen LogP contribution in [0, 0.1) is 0 Å². The van der Waals surface area contributed by atoms with E-state index in [1.54, 1.807) is 24.3 Å². The van der Waals surface area contributed by atoms with Gasteiger partial charge in [0.25, 0.3) is 11.8 Å². The topological polar surface area (TPSA) is 63.4 Å². The van der Waals surface area contributed by atoms with E-state index in [0.29, 0.717) is 17.7 Å². The second-order valence-electron chi connectivity index (χ2n) is 4.78. The minimum absolute atomic E-state index is 0.170. The third kappa shape index (κ3) is 2.43. The lowest BCUT2D eigenvalue weighted by Gasteiger charge is -2.13. The Kier molecular flexibility index (Phi) is 3.77. The molecule has 0 unspecified atom stereocenters. The summed E-state index contributed by atoms with van der Waals surface area (Å²) in [4.78, 5) is 25.4. The van der Waals surface area contributed by atoms with Gasteiger partial charge in [0.2, 0.25) is 0 Å². The average molecular weight is 246 g/mol. The van der Waals surface area contributed by atoms with Crippen molar-refractivity contribution in [3.05, 3.63) is 35.4 Å². The van der Waals surface area contributed by atoms with E-state index in [9.17, 15) is 9.59 Å². The number of nitrogens with two attached hydrogens (primary N) is 1. The highest BCUT2D eigenvalue weighted by Gasteiger charge is 2.34. The van der Waals surface area contributed by atoms with Crippen LogP contribution in [0.3, 0.4) is 0 Å². The molecule has 4 heteroatoms. The highest BCUT2D eigenvalue weighted by atomic mass is 16.2. The van der Waals surface area contributed by atoms with Gasteiger partial charge in [-0.25, -0.2) is 0 Å². The van der Waals surface area contributed by atoms with Crippen molar-refractivity contribution in [2.24, 2.45) is 5.73 Å². The van der Waals surface area contributed by atoms with Crippen molar-refractivity contribution < 1.29 is 9.59 Å². The molecule has 1 aromatic carbocycles. The van der Waals surface area contributed by atoms with E-state index < -0.39 is 0 Å². The van der Waals surface area contributed by atoms with Gasteiger partial charge in [0.15, 0.2) is 0 Å². The van der Waals surface area contributed by atoms with Gasteiger partial charge in [-0.2, -0.15) is 0 Å². The summed E-state index contributed by atoms with van der Waals surface area (Å²) in [6.45, 7) is 2.45. The first-order valence-corrected chi connectivity index (χ1v) is 6.32. The van der Waals surface area contributed by atoms with Gasteiger partial charge in [0.1, 0.15) is 0 Å². The highest BCUT2D eigenvalue weighted by Crippen LogP contribution is 2.22. The van der Waals surface area contributed by atoms with E-state index in [2.05, 4.69) is 0 Å². The van der Waals surface area contributed by atoms with Crippen molar-refractivity contribution >= 4 is 11.8 Å². The summed E-state index contributed by atoms with van der Waals surface area (Å²) in [6.07, 6.45) is 2.67. The summed E-state index contributed by atoms with van der Waals surface area (Å²) in [5.41, 5.74) is 6.71. The smallest absolute Gasteiger partial charge is 0.261 e. The molecule has 2 rings (SSSR count). The summed E-state index contributed by atoms with van der Waals surface area (Å²) in [5, 5.41) is 0. The molecule has 2 amide bonds. The zero-order chi connectivity index (χ0) is 13.1. The van der Waals surface area contributed by atoms with Gasteiger partial charge in [-0.05, 0) is 31.9 Å². The van der Waals surface area contributed by atoms with Crippen LogP contribution < -0.4 is 5.73 Å². The first-order chi connectivity index (χ1) is 8.61. The number of hydrogen-bond acceptors (Lipinski definition) is 3. The van der Waals surface area contributed by atoms with Crippen LogP contribution in [0.2, 0.25) is 0 Å². The van der Waals surface area contributed by atoms with Gasteiger partial charge in [0, 0.05) is 12.6 Å². The molecule has 4 nitrogen and oxygen atoms in total. The Bertz CT molecular complexity index is 434. The Morgan fingerprint density at radius 3 is 2.17 bits per heavy atom. The number of rotatable bonds is 5. The van der Waals surface area contributed by atoms with Crippen molar-refractivity contribution in [3.8, 4) is 0 Å². The molecule has 18 heavy (non-hydrogen) atoms. The lowest BCUT2D eigenvalue weighted by atomic mass is 10.1. The fraction of sp³-hybridized carbons (Fsp3) is 0.429.